The minimum absolute atomic E-state index is 0.0360. The van der Waals surface area contributed by atoms with Gasteiger partial charge in [-0.1, -0.05) is 79.6 Å². The molecule has 20 N–H and O–H groups in total. The molecule has 37 nitrogen and oxygen atoms in total. The Labute approximate surface area is 712 Å². The molecule has 120 heavy (non-hydrogen) atoms. The zero-order valence-electron chi connectivity index (χ0n) is 73.1. The van der Waals surface area contributed by atoms with Gasteiger partial charge in [-0.05, 0) is 135 Å². The predicted octanol–water partition coefficient (Wildman–Crippen LogP) is 2.96. The number of hydrogen-bond acceptors (Lipinski definition) is 28. The van der Waals surface area contributed by atoms with Crippen LogP contribution in [0.5, 0.6) is 0 Å². The van der Waals surface area contributed by atoms with E-state index in [2.05, 4.69) is 51.6 Å². The molecule has 3 heterocycles. The van der Waals surface area contributed by atoms with Gasteiger partial charge in [-0.15, -0.1) is 0 Å². The lowest BCUT2D eigenvalue weighted by Gasteiger charge is -2.40. The number of carbonyl (C=O) groups is 8. The number of carbonyl (C=O) groups excluding carboxylic acids is 8. The maximum atomic E-state index is 14.0. The quantitative estimate of drug-likeness (QED) is 0.0307. The number of nitrogens with two attached hydrogens (primary N) is 1. The van der Waals surface area contributed by atoms with E-state index < -0.39 is 131 Å². The fraction of sp³-hybridized carbons (Fsp3) is 0.902. The topological polar surface area (TPSA) is 561 Å². The molecular weight excluding hydrogens is 1590 g/mol. The lowest BCUT2D eigenvalue weighted by atomic mass is 9.82. The van der Waals surface area contributed by atoms with E-state index in [-0.39, 0.29) is 106 Å². The maximum Gasteiger partial charge on any atom is 0.471 e. The lowest BCUT2D eigenvalue weighted by Crippen LogP contribution is -2.55. The van der Waals surface area contributed by atoms with Gasteiger partial charge in [0.2, 0.25) is 47.3 Å². The van der Waals surface area contributed by atoms with Crippen molar-refractivity contribution in [3.05, 3.63) is 0 Å². The lowest BCUT2D eigenvalue weighted by molar-refractivity contribution is -0.282. The third-order valence-electron chi connectivity index (χ3n) is 21.2. The van der Waals surface area contributed by atoms with Crippen LogP contribution >= 0.6 is 7.82 Å². The van der Waals surface area contributed by atoms with Crippen LogP contribution in [0.3, 0.4) is 0 Å². The third-order valence-corrected chi connectivity index (χ3v) is 22.2. The number of nitrogens with one attached hydrogen (secondary N) is 8. The van der Waals surface area contributed by atoms with E-state index in [9.17, 15) is 88.9 Å². The maximum absolute atomic E-state index is 14.0. The molecule has 3 aliphatic rings. The summed E-state index contributed by atoms with van der Waals surface area (Å²) in [5.41, 5.74) is 4.08. The van der Waals surface area contributed by atoms with Gasteiger partial charge >= 0.3 is 7.82 Å². The zero-order valence-corrected chi connectivity index (χ0v) is 74.0. The van der Waals surface area contributed by atoms with Gasteiger partial charge in [0.1, 0.15) is 36.6 Å². The normalized spacial score (nSPS) is 23.7. The Morgan fingerprint density at radius 3 is 0.908 bits per heavy atom. The Balaban J connectivity index is 0.00000435. The van der Waals surface area contributed by atoms with E-state index in [1.807, 2.05) is 13.8 Å². The Hall–Kier alpha value is -4.81. The monoisotopic (exact) mass is 1750 g/mol. The Kier molecular flexibility index (Phi) is 66.4. The second-order valence-corrected chi connectivity index (χ2v) is 32.6. The van der Waals surface area contributed by atoms with Gasteiger partial charge in [0.05, 0.1) is 44.7 Å². The van der Waals surface area contributed by atoms with Gasteiger partial charge in [0.25, 0.3) is 0 Å². The molecular formula is C82H158N9O28P. The van der Waals surface area contributed by atoms with E-state index in [4.69, 9.17) is 43.8 Å². The summed E-state index contributed by atoms with van der Waals surface area (Å²) in [7, 11) is -0.950. The van der Waals surface area contributed by atoms with Crippen molar-refractivity contribution in [2.75, 3.05) is 119 Å². The summed E-state index contributed by atoms with van der Waals surface area (Å²) in [4.78, 5) is 114. The molecule has 0 aliphatic carbocycles. The summed E-state index contributed by atoms with van der Waals surface area (Å²) < 4.78 is 58.8. The highest BCUT2D eigenvalue weighted by Gasteiger charge is 2.45. The molecule has 704 valence electrons. The molecule has 0 bridgehead atoms. The van der Waals surface area contributed by atoms with Gasteiger partial charge < -0.3 is 132 Å². The molecule has 16 atom stereocenters. The van der Waals surface area contributed by atoms with Crippen LogP contribution < -0.4 is 48.3 Å². The fourth-order valence-corrected chi connectivity index (χ4v) is 13.9. The molecule has 0 saturated carbocycles. The van der Waals surface area contributed by atoms with E-state index >= 15 is 0 Å². The predicted molar refractivity (Wildman–Crippen MR) is 447 cm³/mol. The Bertz CT molecular complexity index is 2530. The van der Waals surface area contributed by atoms with Crippen molar-refractivity contribution >= 4 is 55.1 Å². The van der Waals surface area contributed by atoms with Crippen molar-refractivity contribution in [2.45, 2.75) is 339 Å². The van der Waals surface area contributed by atoms with Crippen LogP contribution in [0, 0.1) is 17.8 Å². The minimum atomic E-state index is -3.75. The van der Waals surface area contributed by atoms with Crippen LogP contribution in [0.4, 0.5) is 0 Å². The van der Waals surface area contributed by atoms with Crippen LogP contribution in [0.25, 0.3) is 0 Å². The highest BCUT2D eigenvalue weighted by Crippen LogP contribution is 2.42. The molecule has 0 radical (unpaired) electrons. The van der Waals surface area contributed by atoms with Gasteiger partial charge in [-0.25, -0.2) is 4.57 Å². The molecule has 0 spiro atoms. The number of aliphatic hydroxyl groups is 9. The molecule has 38 heteroatoms. The van der Waals surface area contributed by atoms with Gasteiger partial charge in [0, 0.05) is 161 Å². The molecule has 3 saturated heterocycles. The van der Waals surface area contributed by atoms with Crippen molar-refractivity contribution < 1.29 is 136 Å². The Morgan fingerprint density at radius 1 is 0.350 bits per heavy atom. The Morgan fingerprint density at radius 2 is 0.608 bits per heavy atom. The standard InChI is InChI=1S/C73H134N8O24.C7H18NO4P.C2H6/c1-50-64(93)67(96)53(47-82)103-70(50)100-44-21-7-10-25-56(85)75-37-14-17-40-78-60(89)30-33-73(81-63(92)29-24-28-59(88)74-36-13-5-6-20-43-99-4,34-31-61(90)79-41-18-15-38-76-57(86)26-11-8-22-45-101-71-51(2)65(94)68(97)54(48-83)104-71)35-32-62(91)80-42-19-16-39-77-58(87)27-12-9-23-46-102-72-52(3)66(95)69(98)55(49-84)105-72;1-11-13(9,10)12-7-5-3-2-4-6-8;1-2/h50-55,64-72,82-84,93-98H,5-49H2,1-4H3,(H,74,88)(H,75,85)(H,76,86)(H,77,87)(H,78,89)(H,79,90)(H,80,91)(H,81,92);2-8H2,1H3,(H,9,10);1-2H3/t50?,51?,52?,53?,54?,55?,64-,65-,66-,67+,68+,69+,70-,71-,72-,73?;;/m1../s1. The van der Waals surface area contributed by atoms with Crippen molar-refractivity contribution in [1.29, 1.82) is 0 Å². The largest absolute Gasteiger partial charge is 0.471 e. The van der Waals surface area contributed by atoms with Crippen LogP contribution in [0.1, 0.15) is 259 Å². The van der Waals surface area contributed by atoms with Crippen molar-refractivity contribution in [2.24, 2.45) is 23.5 Å². The van der Waals surface area contributed by atoms with Crippen LogP contribution in [-0.4, -0.2) is 297 Å². The summed E-state index contributed by atoms with van der Waals surface area (Å²) in [5.74, 6) is -3.42. The summed E-state index contributed by atoms with van der Waals surface area (Å²) in [6.07, 6.45) is 5.60. The number of unbranched alkanes of at least 4 members (excludes halogenated alkanes) is 15. The van der Waals surface area contributed by atoms with E-state index in [0.29, 0.717) is 194 Å². The number of phosphoric acid groups is 1. The zero-order chi connectivity index (χ0) is 89.4. The first-order chi connectivity index (χ1) is 57.6. The number of amides is 8. The van der Waals surface area contributed by atoms with Crippen molar-refractivity contribution in [1.82, 2.24) is 42.5 Å². The van der Waals surface area contributed by atoms with Gasteiger partial charge in [-0.2, -0.15) is 0 Å². The summed E-state index contributed by atoms with van der Waals surface area (Å²) in [6, 6.07) is 0. The first-order valence-electron chi connectivity index (χ1n) is 44.2. The number of methoxy groups -OCH3 is 1. The highest BCUT2D eigenvalue weighted by atomic mass is 31.2. The van der Waals surface area contributed by atoms with E-state index in [1.165, 1.54) is 0 Å². The van der Waals surface area contributed by atoms with Gasteiger partial charge in [-0.3, -0.25) is 47.4 Å². The third kappa shape index (κ3) is 52.2. The molecule has 3 fully saturated rings. The number of phosphoric ester groups is 1. The van der Waals surface area contributed by atoms with Gasteiger partial charge in [0.15, 0.2) is 18.9 Å². The van der Waals surface area contributed by atoms with Crippen molar-refractivity contribution in [3.8, 4) is 0 Å². The molecule has 8 amide bonds. The average molecular weight is 1750 g/mol. The van der Waals surface area contributed by atoms with Crippen molar-refractivity contribution in [3.63, 3.8) is 0 Å². The number of hydrogen-bond donors (Lipinski definition) is 19. The molecule has 7 unspecified atom stereocenters. The number of aliphatic hydroxyl groups excluding tert-OH is 9. The smallest absolute Gasteiger partial charge is 0.394 e. The minimum Gasteiger partial charge on any atom is -0.394 e. The van der Waals surface area contributed by atoms with Crippen LogP contribution in [-0.2, 0) is 85.1 Å². The molecule has 3 rings (SSSR count). The van der Waals surface area contributed by atoms with E-state index in [0.717, 1.165) is 58.5 Å². The van der Waals surface area contributed by atoms with Crippen LogP contribution in [0.15, 0.2) is 0 Å². The molecule has 0 aromatic carbocycles. The first kappa shape index (κ1) is 113. The molecule has 0 aromatic rings. The van der Waals surface area contributed by atoms with Crippen LogP contribution in [0.2, 0.25) is 0 Å². The molecule has 0 aromatic heterocycles. The second-order valence-electron chi connectivity index (χ2n) is 31.1. The summed E-state index contributed by atoms with van der Waals surface area (Å²) >= 11 is 0. The number of rotatable bonds is 68. The summed E-state index contributed by atoms with van der Waals surface area (Å²) in [5, 5.41) is 113. The average Bonchev–Trinajstić information content (AvgIpc) is 0.840. The number of ether oxygens (including phenoxy) is 7. The first-order valence-corrected chi connectivity index (χ1v) is 45.7. The highest BCUT2D eigenvalue weighted by molar-refractivity contribution is 7.47. The fourth-order valence-electron chi connectivity index (χ4n) is 13.4. The van der Waals surface area contributed by atoms with E-state index in [1.54, 1.807) is 27.9 Å². The second kappa shape index (κ2) is 70.4. The SMILES string of the molecule is CC.COCCCCCCNC(=O)CCCC(=O)NC(CCC(=O)NCCCCNC(=O)CCCCCO[C@@H]1OC(CO)[C@H](O)[C@H](O)C1C)(CCC(=O)NCCCCNC(=O)CCCCCO[C@@H]1OC(CO)[C@H](O)[C@H](O)C1C)CCC(=O)NCCCCNC(=O)CCCCCO[C@@H]1OC(CO)[C@H](O)[C@H](O)C1C.COP(=O)(O)OCCCCCCN. The summed E-state index contributed by atoms with van der Waals surface area (Å²) in [6.45, 7) is 12.8. The molecule has 3 aliphatic heterocycles.